The number of carbonyl (C=O) groups excluding carboxylic acids is 2. The molecule has 1 aromatic heterocycles. The Labute approximate surface area is 126 Å². The number of likely N-dealkylation sites (tertiary alicyclic amines) is 1. The van der Waals surface area contributed by atoms with Crippen molar-refractivity contribution >= 4 is 11.8 Å². The Bertz CT molecular complexity index is 442. The highest BCUT2D eigenvalue weighted by atomic mass is 16.2. The first-order valence-corrected chi connectivity index (χ1v) is 7.91. The first kappa shape index (κ1) is 15.6. The number of amides is 2. The highest BCUT2D eigenvalue weighted by molar-refractivity contribution is 5.79. The van der Waals surface area contributed by atoms with Gasteiger partial charge >= 0.3 is 0 Å². The maximum absolute atomic E-state index is 11.8. The van der Waals surface area contributed by atoms with Crippen molar-refractivity contribution in [2.75, 3.05) is 19.6 Å². The van der Waals surface area contributed by atoms with Crippen molar-refractivity contribution in [3.8, 4) is 0 Å². The highest BCUT2D eigenvalue weighted by Crippen LogP contribution is 2.11. The average Bonchev–Trinajstić information content (AvgIpc) is 2.91. The molecule has 1 aromatic rings. The Kier molecular flexibility index (Phi) is 6.31. The third kappa shape index (κ3) is 5.61. The van der Waals surface area contributed by atoms with Crippen molar-refractivity contribution in [3.05, 3.63) is 24.5 Å². The summed E-state index contributed by atoms with van der Waals surface area (Å²) < 4.78 is 2.10. The molecule has 5 heteroatoms. The van der Waals surface area contributed by atoms with Gasteiger partial charge in [-0.2, -0.15) is 0 Å². The Morgan fingerprint density at radius 2 is 1.95 bits per heavy atom. The van der Waals surface area contributed by atoms with Crippen molar-refractivity contribution in [1.82, 2.24) is 14.8 Å². The number of aromatic nitrogens is 1. The fraction of sp³-hybridized carbons (Fsp3) is 0.625. The quantitative estimate of drug-likeness (QED) is 0.779. The molecule has 2 heterocycles. The average molecular weight is 291 g/mol. The van der Waals surface area contributed by atoms with Gasteiger partial charge in [-0.1, -0.05) is 6.42 Å². The molecule has 0 spiro atoms. The highest BCUT2D eigenvalue weighted by Gasteiger charge is 2.16. The molecule has 0 atom stereocenters. The van der Waals surface area contributed by atoms with Crippen LogP contribution in [-0.4, -0.2) is 40.9 Å². The molecule has 0 aliphatic carbocycles. The Balaban J connectivity index is 1.57. The second-order valence-electron chi connectivity index (χ2n) is 5.57. The van der Waals surface area contributed by atoms with E-state index in [4.69, 9.17) is 0 Å². The van der Waals surface area contributed by atoms with Crippen LogP contribution in [0.25, 0.3) is 0 Å². The minimum Gasteiger partial charge on any atom is -0.356 e. The predicted octanol–water partition coefficient (Wildman–Crippen LogP) is 1.79. The van der Waals surface area contributed by atoms with Crippen LogP contribution in [0.2, 0.25) is 0 Å². The number of hydrogen-bond donors (Lipinski definition) is 1. The van der Waals surface area contributed by atoms with Gasteiger partial charge in [0.05, 0.1) is 0 Å². The molecule has 0 saturated carbocycles. The molecule has 2 rings (SSSR count). The van der Waals surface area contributed by atoms with Crippen LogP contribution in [0.1, 0.15) is 38.5 Å². The minimum atomic E-state index is 0.0413. The van der Waals surface area contributed by atoms with E-state index in [9.17, 15) is 9.59 Å². The van der Waals surface area contributed by atoms with Gasteiger partial charge in [-0.05, 0) is 31.4 Å². The second-order valence-corrected chi connectivity index (χ2v) is 5.57. The molecule has 116 valence electrons. The molecule has 2 amide bonds. The Hall–Kier alpha value is -1.78. The van der Waals surface area contributed by atoms with Crippen LogP contribution >= 0.6 is 0 Å². The number of nitrogens with one attached hydrogen (secondary N) is 1. The number of rotatable bonds is 7. The lowest BCUT2D eigenvalue weighted by Gasteiger charge is -2.20. The lowest BCUT2D eigenvalue weighted by molar-refractivity contribution is -0.131. The molecule has 1 fully saturated rings. The SMILES string of the molecule is O=C(CCN1CCCCCC1=O)NCCCn1cccc1. The molecule has 0 aromatic carbocycles. The van der Waals surface area contributed by atoms with Crippen LogP contribution in [0.5, 0.6) is 0 Å². The van der Waals surface area contributed by atoms with Crippen LogP contribution in [0.4, 0.5) is 0 Å². The molecule has 5 nitrogen and oxygen atoms in total. The first-order valence-electron chi connectivity index (χ1n) is 7.91. The summed E-state index contributed by atoms with van der Waals surface area (Å²) in [7, 11) is 0. The summed E-state index contributed by atoms with van der Waals surface area (Å²) >= 11 is 0. The molecule has 1 aliphatic heterocycles. The fourth-order valence-electron chi connectivity index (χ4n) is 2.61. The fourth-order valence-corrected chi connectivity index (χ4v) is 2.61. The smallest absolute Gasteiger partial charge is 0.222 e. The third-order valence-electron chi connectivity index (χ3n) is 3.86. The molecule has 1 aliphatic rings. The normalized spacial score (nSPS) is 15.8. The van der Waals surface area contributed by atoms with Gasteiger partial charge in [0.15, 0.2) is 0 Å². The largest absolute Gasteiger partial charge is 0.356 e. The van der Waals surface area contributed by atoms with E-state index in [1.54, 1.807) is 0 Å². The van der Waals surface area contributed by atoms with E-state index in [1.807, 2.05) is 29.4 Å². The van der Waals surface area contributed by atoms with Crippen molar-refractivity contribution < 1.29 is 9.59 Å². The third-order valence-corrected chi connectivity index (χ3v) is 3.86. The summed E-state index contributed by atoms with van der Waals surface area (Å²) in [5, 5.41) is 2.92. The van der Waals surface area contributed by atoms with Gasteiger partial charge in [-0.25, -0.2) is 0 Å². The predicted molar refractivity (Wildman–Crippen MR) is 81.7 cm³/mol. The molecule has 0 unspecified atom stereocenters. The molecule has 21 heavy (non-hydrogen) atoms. The maximum atomic E-state index is 11.8. The standard InChI is InChI=1S/C16H25N3O2/c20-15(17-9-6-12-18-10-4-5-11-18)8-14-19-13-3-1-2-7-16(19)21/h4-5,10-11H,1-3,6-9,12-14H2,(H,17,20). The van der Waals surface area contributed by atoms with Crippen molar-refractivity contribution in [2.45, 2.75) is 45.1 Å². The number of carbonyl (C=O) groups is 2. The monoisotopic (exact) mass is 291 g/mol. The molecule has 0 bridgehead atoms. The molecular weight excluding hydrogens is 266 g/mol. The van der Waals surface area contributed by atoms with Gasteiger partial charge in [0.25, 0.3) is 0 Å². The zero-order chi connectivity index (χ0) is 14.9. The number of nitrogens with zero attached hydrogens (tertiary/aromatic N) is 2. The molecular formula is C16H25N3O2. The molecule has 1 N–H and O–H groups in total. The summed E-state index contributed by atoms with van der Waals surface area (Å²) in [6.45, 7) is 2.96. The lowest BCUT2D eigenvalue weighted by atomic mass is 10.2. The number of hydrogen-bond acceptors (Lipinski definition) is 2. The van der Waals surface area contributed by atoms with Crippen LogP contribution in [0, 0.1) is 0 Å². The first-order chi connectivity index (χ1) is 10.3. The minimum absolute atomic E-state index is 0.0413. The summed E-state index contributed by atoms with van der Waals surface area (Å²) in [4.78, 5) is 25.4. The Morgan fingerprint density at radius 1 is 1.14 bits per heavy atom. The van der Waals surface area contributed by atoms with E-state index in [2.05, 4.69) is 9.88 Å². The zero-order valence-corrected chi connectivity index (χ0v) is 12.6. The van der Waals surface area contributed by atoms with E-state index in [0.29, 0.717) is 25.9 Å². The van der Waals surface area contributed by atoms with Gasteiger partial charge in [0, 0.05) is 51.4 Å². The van der Waals surface area contributed by atoms with Crippen LogP contribution < -0.4 is 5.32 Å². The van der Waals surface area contributed by atoms with Crippen LogP contribution in [-0.2, 0) is 16.1 Å². The summed E-state index contributed by atoms with van der Waals surface area (Å²) in [5.41, 5.74) is 0. The van der Waals surface area contributed by atoms with Crippen molar-refractivity contribution in [3.63, 3.8) is 0 Å². The van der Waals surface area contributed by atoms with Crippen molar-refractivity contribution in [2.24, 2.45) is 0 Å². The lowest BCUT2D eigenvalue weighted by Crippen LogP contribution is -2.35. The van der Waals surface area contributed by atoms with E-state index < -0.39 is 0 Å². The zero-order valence-electron chi connectivity index (χ0n) is 12.6. The molecule has 0 radical (unpaired) electrons. The topological polar surface area (TPSA) is 54.3 Å². The van der Waals surface area contributed by atoms with Gasteiger partial charge in [-0.3, -0.25) is 9.59 Å². The molecule has 1 saturated heterocycles. The van der Waals surface area contributed by atoms with Gasteiger partial charge < -0.3 is 14.8 Å². The van der Waals surface area contributed by atoms with Crippen molar-refractivity contribution in [1.29, 1.82) is 0 Å². The van der Waals surface area contributed by atoms with Crippen LogP contribution in [0.15, 0.2) is 24.5 Å². The van der Waals surface area contributed by atoms with E-state index in [1.165, 1.54) is 0 Å². The summed E-state index contributed by atoms with van der Waals surface area (Å²) in [6.07, 6.45) is 9.18. The Morgan fingerprint density at radius 3 is 2.76 bits per heavy atom. The van der Waals surface area contributed by atoms with Crippen LogP contribution in [0.3, 0.4) is 0 Å². The van der Waals surface area contributed by atoms with E-state index in [-0.39, 0.29) is 11.8 Å². The second kappa shape index (κ2) is 8.49. The van der Waals surface area contributed by atoms with Gasteiger partial charge in [0.1, 0.15) is 0 Å². The number of aryl methyl sites for hydroxylation is 1. The summed E-state index contributed by atoms with van der Waals surface area (Å²) in [6, 6.07) is 3.99. The van der Waals surface area contributed by atoms with Gasteiger partial charge in [-0.15, -0.1) is 0 Å². The van der Waals surface area contributed by atoms with E-state index in [0.717, 1.165) is 38.8 Å². The summed E-state index contributed by atoms with van der Waals surface area (Å²) in [5.74, 6) is 0.243. The van der Waals surface area contributed by atoms with E-state index >= 15 is 0 Å². The maximum Gasteiger partial charge on any atom is 0.222 e. The van der Waals surface area contributed by atoms with Gasteiger partial charge in [0.2, 0.25) is 11.8 Å².